The van der Waals surface area contributed by atoms with Crippen LogP contribution in [-0.4, -0.2) is 30.1 Å². The highest BCUT2D eigenvalue weighted by atomic mass is 16.5. The molecule has 1 aromatic carbocycles. The zero-order chi connectivity index (χ0) is 13.2. The van der Waals surface area contributed by atoms with Crippen molar-refractivity contribution < 1.29 is 4.74 Å². The van der Waals surface area contributed by atoms with Gasteiger partial charge in [0.05, 0.1) is 6.61 Å². The summed E-state index contributed by atoms with van der Waals surface area (Å²) in [6.07, 6.45) is 4.92. The average Bonchev–Trinajstić information content (AvgIpc) is 2.86. The molecular formula is C16H24N2O. The first-order valence-corrected chi connectivity index (χ1v) is 7.48. The van der Waals surface area contributed by atoms with Crippen LogP contribution in [0.3, 0.4) is 0 Å². The van der Waals surface area contributed by atoms with Crippen LogP contribution in [0.2, 0.25) is 0 Å². The molecular weight excluding hydrogens is 236 g/mol. The van der Waals surface area contributed by atoms with Crippen molar-refractivity contribution in [2.24, 2.45) is 5.73 Å². The highest BCUT2D eigenvalue weighted by molar-refractivity contribution is 5.39. The maximum atomic E-state index is 6.14. The molecule has 0 spiro atoms. The summed E-state index contributed by atoms with van der Waals surface area (Å²) in [4.78, 5) is 2.56. The minimum absolute atomic E-state index is 0.262. The van der Waals surface area contributed by atoms with Gasteiger partial charge in [-0.2, -0.15) is 0 Å². The van der Waals surface area contributed by atoms with Crippen molar-refractivity contribution in [3.63, 3.8) is 0 Å². The fraction of sp³-hybridized carbons (Fsp3) is 0.625. The van der Waals surface area contributed by atoms with E-state index in [1.165, 1.54) is 36.9 Å². The Hall–Kier alpha value is -1.06. The molecule has 0 aliphatic carbocycles. The summed E-state index contributed by atoms with van der Waals surface area (Å²) < 4.78 is 5.57. The second-order valence-corrected chi connectivity index (χ2v) is 5.93. The lowest BCUT2D eigenvalue weighted by molar-refractivity contribution is 0.123. The Morgan fingerprint density at radius 1 is 1.42 bits per heavy atom. The Bertz CT molecular complexity index is 444. The summed E-state index contributed by atoms with van der Waals surface area (Å²) >= 11 is 0. The van der Waals surface area contributed by atoms with Gasteiger partial charge in [-0.05, 0) is 43.5 Å². The lowest BCUT2D eigenvalue weighted by Gasteiger charge is -2.38. The summed E-state index contributed by atoms with van der Waals surface area (Å²) in [6.45, 7) is 5.18. The lowest BCUT2D eigenvalue weighted by Crippen LogP contribution is -2.48. The third kappa shape index (κ3) is 2.77. The molecule has 1 saturated heterocycles. The van der Waals surface area contributed by atoms with Gasteiger partial charge in [0.25, 0.3) is 0 Å². The lowest BCUT2D eigenvalue weighted by atomic mass is 9.96. The van der Waals surface area contributed by atoms with Crippen LogP contribution in [0.25, 0.3) is 0 Å². The van der Waals surface area contributed by atoms with Crippen molar-refractivity contribution in [2.45, 2.75) is 51.2 Å². The molecule has 0 radical (unpaired) electrons. The first-order chi connectivity index (χ1) is 9.24. The van der Waals surface area contributed by atoms with E-state index < -0.39 is 0 Å². The molecule has 3 rings (SSSR count). The number of fused-ring (bicyclic) bond motifs is 1. The molecule has 3 heteroatoms. The summed E-state index contributed by atoms with van der Waals surface area (Å²) in [7, 11) is 0. The zero-order valence-corrected chi connectivity index (χ0v) is 11.8. The Balaban J connectivity index is 1.72. The van der Waals surface area contributed by atoms with E-state index in [1.807, 2.05) is 0 Å². The fourth-order valence-electron chi connectivity index (χ4n) is 3.38. The number of hydrogen-bond donors (Lipinski definition) is 1. The van der Waals surface area contributed by atoms with Gasteiger partial charge in [-0.15, -0.1) is 0 Å². The first kappa shape index (κ1) is 12.9. The maximum Gasteiger partial charge on any atom is 0.122 e. The van der Waals surface area contributed by atoms with Crippen LogP contribution in [0.15, 0.2) is 18.2 Å². The van der Waals surface area contributed by atoms with Gasteiger partial charge in [0.15, 0.2) is 0 Å². The predicted octanol–water partition coefficient (Wildman–Crippen LogP) is 2.32. The molecule has 104 valence electrons. The molecule has 1 aromatic rings. The molecule has 2 unspecified atom stereocenters. The molecule has 2 heterocycles. The van der Waals surface area contributed by atoms with E-state index in [4.69, 9.17) is 10.5 Å². The van der Waals surface area contributed by atoms with Crippen LogP contribution >= 0.6 is 0 Å². The van der Waals surface area contributed by atoms with Crippen LogP contribution in [0.1, 0.15) is 37.3 Å². The van der Waals surface area contributed by atoms with Gasteiger partial charge in [0, 0.05) is 25.0 Å². The molecule has 19 heavy (non-hydrogen) atoms. The monoisotopic (exact) mass is 260 g/mol. The molecule has 2 aliphatic heterocycles. The van der Waals surface area contributed by atoms with E-state index in [0.29, 0.717) is 6.04 Å². The van der Waals surface area contributed by atoms with Gasteiger partial charge in [-0.25, -0.2) is 0 Å². The van der Waals surface area contributed by atoms with E-state index in [0.717, 1.165) is 25.3 Å². The number of ether oxygens (including phenoxy) is 1. The highest BCUT2D eigenvalue weighted by Gasteiger charge is 2.25. The summed E-state index contributed by atoms with van der Waals surface area (Å²) in [5.41, 5.74) is 8.91. The topological polar surface area (TPSA) is 38.5 Å². The number of nitrogens with zero attached hydrogens (tertiary/aromatic N) is 1. The van der Waals surface area contributed by atoms with E-state index in [-0.39, 0.29) is 6.04 Å². The first-order valence-electron chi connectivity index (χ1n) is 7.48. The number of likely N-dealkylation sites (tertiary alicyclic amines) is 1. The van der Waals surface area contributed by atoms with E-state index in [9.17, 15) is 0 Å². The molecule has 3 nitrogen and oxygen atoms in total. The molecule has 0 amide bonds. The van der Waals surface area contributed by atoms with Gasteiger partial charge < -0.3 is 10.5 Å². The predicted molar refractivity (Wildman–Crippen MR) is 77.3 cm³/mol. The largest absolute Gasteiger partial charge is 0.493 e. The number of benzene rings is 1. The fourth-order valence-corrected chi connectivity index (χ4v) is 3.38. The Morgan fingerprint density at radius 2 is 2.32 bits per heavy atom. The van der Waals surface area contributed by atoms with Crippen molar-refractivity contribution in [3.8, 4) is 5.75 Å². The van der Waals surface area contributed by atoms with E-state index >= 15 is 0 Å². The standard InChI is InChI=1S/C16H24N2O/c1-12(17)15-4-2-3-8-18(15)11-13-5-6-16-14(10-13)7-9-19-16/h5-6,10,12,15H,2-4,7-9,11,17H2,1H3. The quantitative estimate of drug-likeness (QED) is 0.906. The number of nitrogens with two attached hydrogens (primary N) is 1. The van der Waals surface area contributed by atoms with Gasteiger partial charge in [-0.3, -0.25) is 4.90 Å². The summed E-state index contributed by atoms with van der Waals surface area (Å²) in [6, 6.07) is 7.45. The zero-order valence-electron chi connectivity index (χ0n) is 11.8. The third-order valence-electron chi connectivity index (χ3n) is 4.41. The summed E-state index contributed by atoms with van der Waals surface area (Å²) in [5, 5.41) is 0. The minimum Gasteiger partial charge on any atom is -0.493 e. The maximum absolute atomic E-state index is 6.14. The average molecular weight is 260 g/mol. The van der Waals surface area contributed by atoms with Crippen LogP contribution in [-0.2, 0) is 13.0 Å². The normalized spacial score (nSPS) is 24.8. The van der Waals surface area contributed by atoms with Crippen LogP contribution in [0.5, 0.6) is 5.75 Å². The van der Waals surface area contributed by atoms with Crippen molar-refractivity contribution in [3.05, 3.63) is 29.3 Å². The van der Waals surface area contributed by atoms with Crippen LogP contribution in [0, 0.1) is 0 Å². The molecule has 0 aromatic heterocycles. The Morgan fingerprint density at radius 3 is 3.16 bits per heavy atom. The van der Waals surface area contributed by atoms with E-state index in [1.54, 1.807) is 0 Å². The van der Waals surface area contributed by atoms with Crippen molar-refractivity contribution in [1.29, 1.82) is 0 Å². The van der Waals surface area contributed by atoms with Crippen molar-refractivity contribution in [1.82, 2.24) is 4.90 Å². The van der Waals surface area contributed by atoms with Gasteiger partial charge in [0.1, 0.15) is 5.75 Å². The smallest absolute Gasteiger partial charge is 0.122 e. The van der Waals surface area contributed by atoms with Gasteiger partial charge >= 0.3 is 0 Å². The Kier molecular flexibility index (Phi) is 3.76. The van der Waals surface area contributed by atoms with Gasteiger partial charge in [0.2, 0.25) is 0 Å². The summed E-state index contributed by atoms with van der Waals surface area (Å²) in [5.74, 6) is 1.08. The van der Waals surface area contributed by atoms with Gasteiger partial charge in [-0.1, -0.05) is 18.6 Å². The second kappa shape index (κ2) is 5.51. The molecule has 1 fully saturated rings. The molecule has 2 aliphatic rings. The minimum atomic E-state index is 0.262. The van der Waals surface area contributed by atoms with Crippen molar-refractivity contribution >= 4 is 0 Å². The van der Waals surface area contributed by atoms with Crippen molar-refractivity contribution in [2.75, 3.05) is 13.2 Å². The van der Waals surface area contributed by atoms with Crippen LogP contribution < -0.4 is 10.5 Å². The SMILES string of the molecule is CC(N)C1CCCCN1Cc1ccc2c(c1)CCO2. The number of hydrogen-bond acceptors (Lipinski definition) is 3. The highest BCUT2D eigenvalue weighted by Crippen LogP contribution is 2.28. The molecule has 0 saturated carbocycles. The number of piperidine rings is 1. The van der Waals surface area contributed by atoms with E-state index in [2.05, 4.69) is 30.0 Å². The second-order valence-electron chi connectivity index (χ2n) is 5.93. The number of rotatable bonds is 3. The van der Waals surface area contributed by atoms with Crippen LogP contribution in [0.4, 0.5) is 0 Å². The third-order valence-corrected chi connectivity index (χ3v) is 4.41. The Labute approximate surface area is 115 Å². The molecule has 2 N–H and O–H groups in total. The molecule has 0 bridgehead atoms. The molecule has 2 atom stereocenters.